The van der Waals surface area contributed by atoms with Gasteiger partial charge < -0.3 is 5.73 Å². The van der Waals surface area contributed by atoms with Crippen molar-refractivity contribution in [3.8, 4) is 0 Å². The average Bonchev–Trinajstić information content (AvgIpc) is 2.59. The molecule has 1 aliphatic carbocycles. The molecule has 2 unspecified atom stereocenters. The van der Waals surface area contributed by atoms with Gasteiger partial charge in [0.25, 0.3) is 10.2 Å². The molecule has 0 aromatic carbocycles. The summed E-state index contributed by atoms with van der Waals surface area (Å²) in [5, 5.41) is 0. The van der Waals surface area contributed by atoms with Crippen molar-refractivity contribution >= 4 is 10.2 Å². The van der Waals surface area contributed by atoms with Crippen LogP contribution in [0, 0.1) is 11.8 Å². The van der Waals surface area contributed by atoms with Crippen LogP contribution in [-0.2, 0) is 10.2 Å². The lowest BCUT2D eigenvalue weighted by Gasteiger charge is -2.13. The van der Waals surface area contributed by atoms with Gasteiger partial charge in [0.15, 0.2) is 0 Å². The molecule has 16 heavy (non-hydrogen) atoms. The molecule has 0 aliphatic heterocycles. The summed E-state index contributed by atoms with van der Waals surface area (Å²) in [4.78, 5) is 0. The van der Waals surface area contributed by atoms with Crippen molar-refractivity contribution in [2.45, 2.75) is 39.2 Å². The lowest BCUT2D eigenvalue weighted by Crippen LogP contribution is -2.40. The van der Waals surface area contributed by atoms with Crippen molar-refractivity contribution in [1.29, 1.82) is 0 Å². The minimum absolute atomic E-state index is 0.248. The number of nitrogens with two attached hydrogens (primary N) is 1. The van der Waals surface area contributed by atoms with Crippen molar-refractivity contribution in [2.75, 3.05) is 13.1 Å². The van der Waals surface area contributed by atoms with Gasteiger partial charge in [0, 0.05) is 19.1 Å². The Bertz CT molecular complexity index is 303. The first-order chi connectivity index (χ1) is 7.39. The molecule has 4 N–H and O–H groups in total. The van der Waals surface area contributed by atoms with Gasteiger partial charge in [-0.25, -0.2) is 9.44 Å². The van der Waals surface area contributed by atoms with Crippen LogP contribution in [0.2, 0.25) is 0 Å². The largest absolute Gasteiger partial charge is 0.328 e. The summed E-state index contributed by atoms with van der Waals surface area (Å²) in [7, 11) is -3.32. The van der Waals surface area contributed by atoms with Gasteiger partial charge in [0.1, 0.15) is 0 Å². The molecular formula is C10H23N3O2S. The van der Waals surface area contributed by atoms with Gasteiger partial charge in [-0.05, 0) is 31.1 Å². The van der Waals surface area contributed by atoms with Crippen molar-refractivity contribution in [2.24, 2.45) is 17.6 Å². The van der Waals surface area contributed by atoms with E-state index >= 15 is 0 Å². The van der Waals surface area contributed by atoms with Gasteiger partial charge in [0.05, 0.1) is 0 Å². The first-order valence-electron chi connectivity index (χ1n) is 5.89. The second kappa shape index (κ2) is 5.95. The van der Waals surface area contributed by atoms with Crippen LogP contribution in [0.3, 0.4) is 0 Å². The molecule has 0 heterocycles. The van der Waals surface area contributed by atoms with Gasteiger partial charge in [-0.1, -0.05) is 13.8 Å². The van der Waals surface area contributed by atoms with Crippen LogP contribution < -0.4 is 15.2 Å². The molecule has 1 fully saturated rings. The molecule has 0 radical (unpaired) electrons. The van der Waals surface area contributed by atoms with E-state index in [0.29, 0.717) is 24.9 Å². The first-order valence-corrected chi connectivity index (χ1v) is 7.37. The van der Waals surface area contributed by atoms with Crippen LogP contribution in [0.1, 0.15) is 33.1 Å². The minimum atomic E-state index is -3.32. The van der Waals surface area contributed by atoms with E-state index in [0.717, 1.165) is 19.3 Å². The summed E-state index contributed by atoms with van der Waals surface area (Å²) in [6.45, 7) is 4.91. The van der Waals surface area contributed by atoms with E-state index in [9.17, 15) is 8.42 Å². The van der Waals surface area contributed by atoms with Crippen molar-refractivity contribution in [3.05, 3.63) is 0 Å². The molecule has 0 spiro atoms. The quantitative estimate of drug-likeness (QED) is 0.628. The van der Waals surface area contributed by atoms with E-state index in [4.69, 9.17) is 5.73 Å². The highest BCUT2D eigenvalue weighted by Gasteiger charge is 2.23. The van der Waals surface area contributed by atoms with Crippen LogP contribution >= 0.6 is 0 Å². The summed E-state index contributed by atoms with van der Waals surface area (Å²) in [5.41, 5.74) is 5.77. The topological polar surface area (TPSA) is 84.2 Å². The molecule has 96 valence electrons. The summed E-state index contributed by atoms with van der Waals surface area (Å²) in [5.74, 6) is 0.710. The Labute approximate surface area is 98.4 Å². The van der Waals surface area contributed by atoms with Crippen LogP contribution in [-0.4, -0.2) is 27.5 Å². The fourth-order valence-electron chi connectivity index (χ4n) is 1.85. The normalized spacial score (nSPS) is 26.5. The summed E-state index contributed by atoms with van der Waals surface area (Å²) < 4.78 is 28.1. The Hall–Kier alpha value is -0.170. The third-order valence-corrected chi connectivity index (χ3v) is 3.92. The molecule has 0 bridgehead atoms. The molecule has 1 aliphatic rings. The van der Waals surface area contributed by atoms with Crippen LogP contribution in [0.5, 0.6) is 0 Å². The maximum absolute atomic E-state index is 11.5. The second-order valence-corrected chi connectivity index (χ2v) is 6.62. The fourth-order valence-corrected chi connectivity index (χ4v) is 2.96. The maximum atomic E-state index is 11.5. The zero-order valence-corrected chi connectivity index (χ0v) is 10.9. The van der Waals surface area contributed by atoms with Gasteiger partial charge >= 0.3 is 0 Å². The molecule has 0 amide bonds. The number of hydrogen-bond acceptors (Lipinski definition) is 3. The summed E-state index contributed by atoms with van der Waals surface area (Å²) in [6.07, 6.45) is 2.95. The SMILES string of the molecule is CC(C)CNS(=O)(=O)NCC1CCC(N)C1. The predicted molar refractivity (Wildman–Crippen MR) is 65.1 cm³/mol. The molecule has 1 rings (SSSR count). The van der Waals surface area contributed by atoms with Crippen molar-refractivity contribution < 1.29 is 8.42 Å². The highest BCUT2D eigenvalue weighted by atomic mass is 32.2. The van der Waals surface area contributed by atoms with E-state index in [2.05, 4.69) is 9.44 Å². The molecule has 2 atom stereocenters. The lowest BCUT2D eigenvalue weighted by atomic mass is 10.1. The zero-order chi connectivity index (χ0) is 12.2. The van der Waals surface area contributed by atoms with Crippen molar-refractivity contribution in [1.82, 2.24) is 9.44 Å². The Morgan fingerprint density at radius 2 is 2.00 bits per heavy atom. The Morgan fingerprint density at radius 1 is 1.31 bits per heavy atom. The van der Waals surface area contributed by atoms with E-state index in [1.165, 1.54) is 0 Å². The zero-order valence-electron chi connectivity index (χ0n) is 10.1. The molecule has 0 aromatic heterocycles. The van der Waals surface area contributed by atoms with Crippen LogP contribution in [0.25, 0.3) is 0 Å². The Morgan fingerprint density at radius 3 is 2.50 bits per heavy atom. The van der Waals surface area contributed by atoms with E-state index in [-0.39, 0.29) is 6.04 Å². The van der Waals surface area contributed by atoms with E-state index in [1.807, 2.05) is 13.8 Å². The summed E-state index contributed by atoms with van der Waals surface area (Å²) >= 11 is 0. The van der Waals surface area contributed by atoms with Gasteiger partial charge in [-0.3, -0.25) is 0 Å². The van der Waals surface area contributed by atoms with Crippen LogP contribution in [0.15, 0.2) is 0 Å². The Kier molecular flexibility index (Phi) is 5.17. The maximum Gasteiger partial charge on any atom is 0.276 e. The monoisotopic (exact) mass is 249 g/mol. The first kappa shape index (κ1) is 13.9. The lowest BCUT2D eigenvalue weighted by molar-refractivity contribution is 0.502. The molecular weight excluding hydrogens is 226 g/mol. The predicted octanol–water partition coefficient (Wildman–Crippen LogP) is 0.194. The smallest absolute Gasteiger partial charge is 0.276 e. The fraction of sp³-hybridized carbons (Fsp3) is 1.00. The number of hydrogen-bond donors (Lipinski definition) is 3. The van der Waals surface area contributed by atoms with Gasteiger partial charge in [0.2, 0.25) is 0 Å². The highest BCUT2D eigenvalue weighted by molar-refractivity contribution is 7.87. The molecule has 6 heteroatoms. The molecule has 0 saturated heterocycles. The molecule has 5 nitrogen and oxygen atoms in total. The molecule has 0 aromatic rings. The average molecular weight is 249 g/mol. The second-order valence-electron chi connectivity index (χ2n) is 5.03. The molecule has 1 saturated carbocycles. The van der Waals surface area contributed by atoms with E-state index < -0.39 is 10.2 Å². The van der Waals surface area contributed by atoms with Gasteiger partial charge in [-0.15, -0.1) is 0 Å². The minimum Gasteiger partial charge on any atom is -0.328 e. The van der Waals surface area contributed by atoms with Crippen LogP contribution in [0.4, 0.5) is 0 Å². The van der Waals surface area contributed by atoms with Gasteiger partial charge in [-0.2, -0.15) is 8.42 Å². The Balaban J connectivity index is 2.25. The number of rotatable bonds is 6. The third-order valence-electron chi connectivity index (χ3n) is 2.83. The number of nitrogens with one attached hydrogen (secondary N) is 2. The van der Waals surface area contributed by atoms with Crippen molar-refractivity contribution in [3.63, 3.8) is 0 Å². The van der Waals surface area contributed by atoms with E-state index in [1.54, 1.807) is 0 Å². The highest BCUT2D eigenvalue weighted by Crippen LogP contribution is 2.23. The summed E-state index contributed by atoms with van der Waals surface area (Å²) in [6, 6.07) is 0.248. The standard InChI is InChI=1S/C10H23N3O2S/c1-8(2)6-12-16(14,15)13-7-9-3-4-10(11)5-9/h8-10,12-13H,3-7,11H2,1-2H3. The third kappa shape index (κ3) is 5.25.